The van der Waals surface area contributed by atoms with E-state index < -0.39 is 0 Å². The minimum absolute atomic E-state index is 0.0614. The van der Waals surface area contributed by atoms with Crippen LogP contribution in [0.25, 0.3) is 0 Å². The van der Waals surface area contributed by atoms with Gasteiger partial charge >= 0.3 is 0 Å². The van der Waals surface area contributed by atoms with Crippen LogP contribution >= 0.6 is 11.3 Å². The molecule has 0 bridgehead atoms. The Morgan fingerprint density at radius 2 is 2.04 bits per heavy atom. The fourth-order valence-electron chi connectivity index (χ4n) is 3.66. The minimum atomic E-state index is -0.0732. The van der Waals surface area contributed by atoms with Gasteiger partial charge in [0.05, 0.1) is 12.5 Å². The molecular weight excluding hydrogens is 310 g/mol. The predicted octanol–water partition coefficient (Wildman–Crippen LogP) is 2.72. The normalized spacial score (nSPS) is 23.6. The lowest BCUT2D eigenvalue weighted by molar-refractivity contribution is -0.141. The van der Waals surface area contributed by atoms with Crippen molar-refractivity contribution in [3.8, 4) is 0 Å². The maximum absolute atomic E-state index is 12.4. The lowest BCUT2D eigenvalue weighted by atomic mass is 9.93. The topological polar surface area (TPSA) is 62.3 Å². The zero-order chi connectivity index (χ0) is 16.1. The van der Waals surface area contributed by atoms with Crippen LogP contribution < -0.4 is 5.32 Å². The smallest absolute Gasteiger partial charge is 0.225 e. The molecule has 0 spiro atoms. The molecule has 2 amide bonds. The van der Waals surface area contributed by atoms with Gasteiger partial charge in [-0.2, -0.15) is 0 Å². The van der Waals surface area contributed by atoms with Crippen molar-refractivity contribution >= 4 is 23.2 Å². The van der Waals surface area contributed by atoms with E-state index in [4.69, 9.17) is 0 Å². The van der Waals surface area contributed by atoms with Crippen molar-refractivity contribution in [2.75, 3.05) is 6.54 Å². The van der Waals surface area contributed by atoms with Crippen LogP contribution in [0.15, 0.2) is 11.6 Å². The van der Waals surface area contributed by atoms with Crippen molar-refractivity contribution in [1.82, 2.24) is 15.2 Å². The number of amides is 2. The SMILES string of the molecule is O=C(NCc1nccs1)C1CCC(=O)N(C2CCCCCC2)C1. The second-order valence-electron chi connectivity index (χ2n) is 6.57. The molecule has 1 atom stereocenters. The average molecular weight is 335 g/mol. The number of likely N-dealkylation sites (tertiary alicyclic amines) is 1. The van der Waals surface area contributed by atoms with Gasteiger partial charge in [-0.05, 0) is 19.3 Å². The number of carbonyl (C=O) groups excluding carboxylic acids is 2. The van der Waals surface area contributed by atoms with Crippen LogP contribution in [0.4, 0.5) is 0 Å². The Hall–Kier alpha value is -1.43. The van der Waals surface area contributed by atoms with E-state index in [0.29, 0.717) is 32.0 Å². The molecule has 0 radical (unpaired) electrons. The highest BCUT2D eigenvalue weighted by molar-refractivity contribution is 7.09. The van der Waals surface area contributed by atoms with Crippen molar-refractivity contribution in [2.24, 2.45) is 5.92 Å². The standard InChI is InChI=1S/C17H25N3O2S/c21-16-8-7-13(17(22)19-11-15-18-9-10-23-15)12-20(16)14-5-3-1-2-4-6-14/h9-10,13-14H,1-8,11-12H2,(H,19,22). The summed E-state index contributed by atoms with van der Waals surface area (Å²) in [7, 11) is 0. The average Bonchev–Trinajstić information content (AvgIpc) is 2.94. The first-order valence-corrected chi connectivity index (χ1v) is 9.57. The number of hydrogen-bond acceptors (Lipinski definition) is 4. The van der Waals surface area contributed by atoms with E-state index in [1.54, 1.807) is 17.5 Å². The molecule has 5 nitrogen and oxygen atoms in total. The number of hydrogen-bond donors (Lipinski definition) is 1. The Kier molecular flexibility index (Phi) is 5.65. The molecule has 1 saturated heterocycles. The van der Waals surface area contributed by atoms with Gasteiger partial charge in [0.25, 0.3) is 0 Å². The highest BCUT2D eigenvalue weighted by Crippen LogP contribution is 2.27. The van der Waals surface area contributed by atoms with Gasteiger partial charge in [0.15, 0.2) is 0 Å². The molecule has 1 aliphatic carbocycles. The van der Waals surface area contributed by atoms with Crippen LogP contribution in [0.5, 0.6) is 0 Å². The number of piperidine rings is 1. The first-order valence-electron chi connectivity index (χ1n) is 8.69. The van der Waals surface area contributed by atoms with E-state index in [-0.39, 0.29) is 17.7 Å². The van der Waals surface area contributed by atoms with Crippen molar-refractivity contribution in [3.05, 3.63) is 16.6 Å². The van der Waals surface area contributed by atoms with Crippen LogP contribution in [0.3, 0.4) is 0 Å². The fraction of sp³-hybridized carbons (Fsp3) is 0.706. The monoisotopic (exact) mass is 335 g/mol. The molecule has 0 aromatic carbocycles. The van der Waals surface area contributed by atoms with Crippen LogP contribution in [-0.2, 0) is 16.1 Å². The van der Waals surface area contributed by atoms with Gasteiger partial charge in [0, 0.05) is 30.6 Å². The van der Waals surface area contributed by atoms with Gasteiger partial charge in [-0.25, -0.2) is 4.98 Å². The van der Waals surface area contributed by atoms with Gasteiger partial charge < -0.3 is 10.2 Å². The third-order valence-electron chi connectivity index (χ3n) is 4.98. The van der Waals surface area contributed by atoms with E-state index >= 15 is 0 Å². The number of thiazole rings is 1. The summed E-state index contributed by atoms with van der Waals surface area (Å²) in [5, 5.41) is 5.81. The Balaban J connectivity index is 1.55. The number of carbonyl (C=O) groups is 2. The molecule has 1 unspecified atom stereocenters. The second kappa shape index (κ2) is 7.90. The summed E-state index contributed by atoms with van der Waals surface area (Å²) in [6, 6.07) is 0.347. The van der Waals surface area contributed by atoms with Crippen LogP contribution in [0.1, 0.15) is 56.4 Å². The zero-order valence-electron chi connectivity index (χ0n) is 13.5. The molecule has 2 heterocycles. The summed E-state index contributed by atoms with van der Waals surface area (Å²) in [6.07, 6.45) is 10.1. The zero-order valence-corrected chi connectivity index (χ0v) is 14.3. The first kappa shape index (κ1) is 16.4. The summed E-state index contributed by atoms with van der Waals surface area (Å²) in [5.74, 6) is 0.225. The summed E-state index contributed by atoms with van der Waals surface area (Å²) in [4.78, 5) is 30.9. The molecule has 1 saturated carbocycles. The van der Waals surface area contributed by atoms with Crippen molar-refractivity contribution in [3.63, 3.8) is 0 Å². The maximum atomic E-state index is 12.4. The van der Waals surface area contributed by atoms with Crippen LogP contribution in [-0.4, -0.2) is 34.3 Å². The fourth-order valence-corrected chi connectivity index (χ4v) is 4.21. The van der Waals surface area contributed by atoms with Crippen molar-refractivity contribution in [1.29, 1.82) is 0 Å². The van der Waals surface area contributed by atoms with E-state index in [2.05, 4.69) is 10.3 Å². The maximum Gasteiger partial charge on any atom is 0.225 e. The molecule has 1 aliphatic heterocycles. The minimum Gasteiger partial charge on any atom is -0.349 e. The Morgan fingerprint density at radius 3 is 2.74 bits per heavy atom. The highest BCUT2D eigenvalue weighted by atomic mass is 32.1. The van der Waals surface area contributed by atoms with Gasteiger partial charge in [-0.15, -0.1) is 11.3 Å². The second-order valence-corrected chi connectivity index (χ2v) is 7.55. The van der Waals surface area contributed by atoms with Crippen molar-refractivity contribution < 1.29 is 9.59 Å². The van der Waals surface area contributed by atoms with E-state index in [1.165, 1.54) is 25.7 Å². The Labute approximate surface area is 141 Å². The lowest BCUT2D eigenvalue weighted by Crippen LogP contribution is -2.49. The third-order valence-corrected chi connectivity index (χ3v) is 5.76. The van der Waals surface area contributed by atoms with Gasteiger partial charge in [-0.1, -0.05) is 25.7 Å². The molecular formula is C17H25N3O2S. The Morgan fingerprint density at radius 1 is 1.26 bits per heavy atom. The summed E-state index contributed by atoms with van der Waals surface area (Å²) >= 11 is 1.55. The summed E-state index contributed by atoms with van der Waals surface area (Å²) in [5.41, 5.74) is 0. The van der Waals surface area contributed by atoms with Gasteiger partial charge in [-0.3, -0.25) is 9.59 Å². The molecule has 3 rings (SSSR count). The van der Waals surface area contributed by atoms with E-state index in [0.717, 1.165) is 17.8 Å². The van der Waals surface area contributed by atoms with Crippen molar-refractivity contribution in [2.45, 2.75) is 64.0 Å². The quantitative estimate of drug-likeness (QED) is 0.861. The Bertz CT molecular complexity index is 524. The highest BCUT2D eigenvalue weighted by Gasteiger charge is 2.34. The van der Waals surface area contributed by atoms with E-state index in [1.807, 2.05) is 10.3 Å². The molecule has 6 heteroatoms. The molecule has 126 valence electrons. The van der Waals surface area contributed by atoms with Crippen LogP contribution in [0, 0.1) is 5.92 Å². The molecule has 23 heavy (non-hydrogen) atoms. The molecule has 2 aliphatic rings. The van der Waals surface area contributed by atoms with Gasteiger partial charge in [0.2, 0.25) is 11.8 Å². The number of aromatic nitrogens is 1. The largest absolute Gasteiger partial charge is 0.349 e. The first-order chi connectivity index (χ1) is 11.2. The molecule has 1 aromatic heterocycles. The molecule has 2 fully saturated rings. The molecule has 1 aromatic rings. The molecule has 1 N–H and O–H groups in total. The van der Waals surface area contributed by atoms with Gasteiger partial charge in [0.1, 0.15) is 5.01 Å². The predicted molar refractivity (Wildman–Crippen MR) is 89.9 cm³/mol. The van der Waals surface area contributed by atoms with Crippen LogP contribution in [0.2, 0.25) is 0 Å². The number of nitrogens with one attached hydrogen (secondary N) is 1. The lowest BCUT2D eigenvalue weighted by Gasteiger charge is -2.37. The number of nitrogens with zero attached hydrogens (tertiary/aromatic N) is 2. The summed E-state index contributed by atoms with van der Waals surface area (Å²) in [6.45, 7) is 1.08. The van der Waals surface area contributed by atoms with E-state index in [9.17, 15) is 9.59 Å². The third kappa shape index (κ3) is 4.31. The summed E-state index contributed by atoms with van der Waals surface area (Å²) < 4.78 is 0. The number of rotatable bonds is 4.